The third kappa shape index (κ3) is 8.41. The molecule has 210 valence electrons. The third-order valence-electron chi connectivity index (χ3n) is 5.82. The molecule has 39 heavy (non-hydrogen) atoms. The second kappa shape index (κ2) is 14.3. The largest absolute Gasteiger partial charge is 0.395 e. The Bertz CT molecular complexity index is 1270. The van der Waals surface area contributed by atoms with Crippen LogP contribution in [-0.4, -0.2) is 65.0 Å². The Labute approximate surface area is 237 Å². The minimum Gasteiger partial charge on any atom is -0.395 e. The van der Waals surface area contributed by atoms with Crippen molar-refractivity contribution in [1.29, 1.82) is 5.41 Å². The molecule has 0 saturated carbocycles. The van der Waals surface area contributed by atoms with Gasteiger partial charge in [0.2, 0.25) is 0 Å². The Morgan fingerprint density at radius 2 is 1.92 bits per heavy atom. The van der Waals surface area contributed by atoms with E-state index >= 15 is 0 Å². The number of nitrogens with zero attached hydrogens (tertiary/aromatic N) is 4. The van der Waals surface area contributed by atoms with E-state index in [1.54, 1.807) is 26.1 Å². The lowest BCUT2D eigenvalue weighted by atomic mass is 10.1. The summed E-state index contributed by atoms with van der Waals surface area (Å²) in [6.07, 6.45) is 0. The lowest BCUT2D eigenvalue weighted by molar-refractivity contribution is 0.171. The number of nitrogens with two attached hydrogens (primary N) is 1. The topological polar surface area (TPSA) is 136 Å². The molecule has 0 saturated heterocycles. The molecule has 0 aliphatic carbocycles. The van der Waals surface area contributed by atoms with E-state index in [-0.39, 0.29) is 29.9 Å². The molecule has 6 N–H and O–H groups in total. The quantitative estimate of drug-likeness (QED) is 0.0766. The maximum Gasteiger partial charge on any atom is 0.163 e. The van der Waals surface area contributed by atoms with Crippen molar-refractivity contribution in [3.8, 4) is 11.4 Å². The van der Waals surface area contributed by atoms with Gasteiger partial charge in [0.15, 0.2) is 5.82 Å². The number of hydrogen-bond donors (Lipinski definition) is 5. The lowest BCUT2D eigenvalue weighted by Gasteiger charge is -2.26. The fourth-order valence-electron chi connectivity index (χ4n) is 3.76. The zero-order chi connectivity index (χ0) is 28.5. The van der Waals surface area contributed by atoms with Gasteiger partial charge < -0.3 is 21.6 Å². The summed E-state index contributed by atoms with van der Waals surface area (Å²) < 4.78 is 21.0. The molecule has 1 aromatic heterocycles. The number of aromatic nitrogens is 2. The zero-order valence-electron chi connectivity index (χ0n) is 22.3. The van der Waals surface area contributed by atoms with E-state index < -0.39 is 5.82 Å². The maximum atomic E-state index is 14.0. The summed E-state index contributed by atoms with van der Waals surface area (Å²) in [5, 5.41) is 21.2. The molecule has 13 heteroatoms. The summed E-state index contributed by atoms with van der Waals surface area (Å²) in [5.41, 5.74) is 11.4. The SMILES string of the molecule is CC(=N)c1c(N)nc(-c2ccc(NOSN(C)c3cc(Cl)ccc3F)cc2)nc1NCCN(CCO)C(C)C. The van der Waals surface area contributed by atoms with E-state index in [0.29, 0.717) is 47.6 Å². The third-order valence-corrected chi connectivity index (χ3v) is 6.63. The van der Waals surface area contributed by atoms with Crippen molar-refractivity contribution in [2.45, 2.75) is 26.8 Å². The second-order valence-corrected chi connectivity index (χ2v) is 10.3. The fraction of sp³-hybridized carbons (Fsp3) is 0.346. The number of halogens is 2. The molecular formula is C26H34ClFN8O2S. The number of nitrogens with one attached hydrogen (secondary N) is 3. The molecule has 0 fully saturated rings. The number of aliphatic hydroxyl groups is 1. The van der Waals surface area contributed by atoms with Crippen LogP contribution in [0.25, 0.3) is 11.4 Å². The Balaban J connectivity index is 1.67. The minimum atomic E-state index is -0.415. The Morgan fingerprint density at radius 3 is 2.56 bits per heavy atom. The first-order valence-electron chi connectivity index (χ1n) is 12.3. The van der Waals surface area contributed by atoms with Gasteiger partial charge in [-0.25, -0.2) is 14.4 Å². The van der Waals surface area contributed by atoms with Crippen molar-refractivity contribution in [2.24, 2.45) is 0 Å². The van der Waals surface area contributed by atoms with Gasteiger partial charge in [-0.3, -0.25) is 14.7 Å². The molecule has 3 rings (SSSR count). The predicted molar refractivity (Wildman–Crippen MR) is 159 cm³/mol. The standard InChI is InChI=1S/C26H34ClFN8O2S/c1-16(2)36(13-14-37)12-11-31-26-23(17(3)29)24(30)32-25(33-26)18-5-8-20(9-6-18)34-38-39-35(4)22-15-19(27)7-10-21(22)28/h5-10,15-16,29,34,37H,11-14H2,1-4H3,(H3,30,31,32,33). The summed E-state index contributed by atoms with van der Waals surface area (Å²) in [4.78, 5) is 11.2. The van der Waals surface area contributed by atoms with Gasteiger partial charge in [-0.15, -0.1) is 0 Å². The van der Waals surface area contributed by atoms with Crippen molar-refractivity contribution in [2.75, 3.05) is 54.1 Å². The summed E-state index contributed by atoms with van der Waals surface area (Å²) in [7, 11) is 1.66. The number of anilines is 4. The molecule has 0 aliphatic heterocycles. The first kappa shape index (κ1) is 30.4. The summed E-state index contributed by atoms with van der Waals surface area (Å²) >= 11 is 6.86. The lowest BCUT2D eigenvalue weighted by Crippen LogP contribution is -2.37. The maximum absolute atomic E-state index is 14.0. The van der Waals surface area contributed by atoms with Crippen LogP contribution in [0.3, 0.4) is 0 Å². The van der Waals surface area contributed by atoms with Gasteiger partial charge in [0.1, 0.15) is 29.7 Å². The summed E-state index contributed by atoms with van der Waals surface area (Å²) in [6.45, 7) is 7.68. The molecule has 0 radical (unpaired) electrons. The average Bonchev–Trinajstić information content (AvgIpc) is 2.89. The monoisotopic (exact) mass is 576 g/mol. The van der Waals surface area contributed by atoms with E-state index in [1.807, 2.05) is 12.1 Å². The van der Waals surface area contributed by atoms with Crippen LogP contribution in [0.5, 0.6) is 0 Å². The summed E-state index contributed by atoms with van der Waals surface area (Å²) in [5.74, 6) is 0.691. The molecule has 0 spiro atoms. The highest BCUT2D eigenvalue weighted by Gasteiger charge is 2.17. The molecule has 2 aromatic carbocycles. The highest BCUT2D eigenvalue weighted by atomic mass is 35.5. The predicted octanol–water partition coefficient (Wildman–Crippen LogP) is 5.06. The van der Waals surface area contributed by atoms with Crippen LogP contribution in [0.2, 0.25) is 5.02 Å². The van der Waals surface area contributed by atoms with Crippen molar-refractivity contribution < 1.29 is 13.8 Å². The van der Waals surface area contributed by atoms with Gasteiger partial charge in [0, 0.05) is 49.0 Å². The van der Waals surface area contributed by atoms with Crippen LogP contribution in [-0.2, 0) is 4.28 Å². The zero-order valence-corrected chi connectivity index (χ0v) is 23.9. The van der Waals surface area contributed by atoms with Crippen molar-refractivity contribution in [3.63, 3.8) is 0 Å². The smallest absolute Gasteiger partial charge is 0.163 e. The van der Waals surface area contributed by atoms with Crippen molar-refractivity contribution in [3.05, 3.63) is 58.9 Å². The molecule has 1 heterocycles. The number of rotatable bonds is 14. The molecule has 0 amide bonds. The van der Waals surface area contributed by atoms with Crippen LogP contribution < -0.4 is 20.8 Å². The number of nitrogen functional groups attached to an aromatic ring is 1. The van der Waals surface area contributed by atoms with Crippen LogP contribution in [0.4, 0.5) is 27.4 Å². The van der Waals surface area contributed by atoms with Crippen molar-refractivity contribution >= 4 is 52.6 Å². The van der Waals surface area contributed by atoms with E-state index in [0.717, 1.165) is 17.8 Å². The first-order chi connectivity index (χ1) is 18.6. The van der Waals surface area contributed by atoms with E-state index in [4.69, 9.17) is 27.0 Å². The van der Waals surface area contributed by atoms with Gasteiger partial charge in [-0.2, -0.15) is 4.28 Å². The molecular weight excluding hydrogens is 543 g/mol. The Morgan fingerprint density at radius 1 is 1.21 bits per heavy atom. The molecule has 0 aliphatic rings. The van der Waals surface area contributed by atoms with Gasteiger partial charge in [0.25, 0.3) is 0 Å². The molecule has 0 atom stereocenters. The highest BCUT2D eigenvalue weighted by molar-refractivity contribution is 7.96. The second-order valence-electron chi connectivity index (χ2n) is 8.99. The number of aliphatic hydroxyl groups excluding tert-OH is 1. The van der Waals surface area contributed by atoms with Gasteiger partial charge in [0.05, 0.1) is 23.5 Å². The van der Waals surface area contributed by atoms with Gasteiger partial charge in [-0.05, 0) is 63.2 Å². The Kier molecular flexibility index (Phi) is 11.1. The van der Waals surface area contributed by atoms with Crippen LogP contribution in [0.1, 0.15) is 26.3 Å². The van der Waals surface area contributed by atoms with E-state index in [2.05, 4.69) is 39.5 Å². The molecule has 0 bridgehead atoms. The molecule has 0 unspecified atom stereocenters. The van der Waals surface area contributed by atoms with Crippen LogP contribution in [0.15, 0.2) is 42.5 Å². The molecule has 3 aromatic rings. The van der Waals surface area contributed by atoms with E-state index in [1.165, 1.54) is 22.5 Å². The van der Waals surface area contributed by atoms with Crippen LogP contribution in [0, 0.1) is 11.2 Å². The van der Waals surface area contributed by atoms with E-state index in [9.17, 15) is 9.50 Å². The minimum absolute atomic E-state index is 0.0827. The first-order valence-corrected chi connectivity index (χ1v) is 13.4. The van der Waals surface area contributed by atoms with Gasteiger partial charge in [-0.1, -0.05) is 11.6 Å². The fourth-order valence-corrected chi connectivity index (χ4v) is 4.39. The number of benzene rings is 2. The average molecular weight is 577 g/mol. The summed E-state index contributed by atoms with van der Waals surface area (Å²) in [6, 6.07) is 11.8. The van der Waals surface area contributed by atoms with Crippen molar-refractivity contribution in [1.82, 2.24) is 14.9 Å². The number of hydrogen-bond acceptors (Lipinski definition) is 11. The van der Waals surface area contributed by atoms with Crippen LogP contribution >= 0.6 is 23.8 Å². The Hall–Kier alpha value is -3.16. The highest BCUT2D eigenvalue weighted by Crippen LogP contribution is 2.29. The normalized spacial score (nSPS) is 11.2. The molecule has 10 nitrogen and oxygen atoms in total. The van der Waals surface area contributed by atoms with Gasteiger partial charge >= 0.3 is 0 Å².